The highest BCUT2D eigenvalue weighted by molar-refractivity contribution is 5.77. The molecule has 1 aromatic heterocycles. The molecule has 0 fully saturated rings. The van der Waals surface area contributed by atoms with Crippen LogP contribution in [0.1, 0.15) is 26.6 Å². The van der Waals surface area contributed by atoms with Crippen molar-refractivity contribution in [2.45, 2.75) is 27.2 Å². The molecule has 0 bridgehead atoms. The molecule has 0 radical (unpaired) electrons. The van der Waals surface area contributed by atoms with Gasteiger partial charge in [-0.25, -0.2) is 9.97 Å². The lowest BCUT2D eigenvalue weighted by Gasteiger charge is -1.91. The van der Waals surface area contributed by atoms with Gasteiger partial charge in [0, 0.05) is 12.4 Å². The summed E-state index contributed by atoms with van der Waals surface area (Å²) in [6.07, 6.45) is 3.59. The van der Waals surface area contributed by atoms with Crippen molar-refractivity contribution in [1.29, 1.82) is 0 Å². The van der Waals surface area contributed by atoms with Crippen LogP contribution in [-0.4, -0.2) is 15.8 Å². The molecule has 66 valence electrons. The van der Waals surface area contributed by atoms with Gasteiger partial charge in [-0.2, -0.15) is 0 Å². The van der Waals surface area contributed by atoms with Gasteiger partial charge in [-0.1, -0.05) is 13.8 Å². The van der Waals surface area contributed by atoms with Crippen LogP contribution in [0.15, 0.2) is 18.5 Å². The zero-order valence-corrected chi connectivity index (χ0v) is 7.74. The van der Waals surface area contributed by atoms with Crippen LogP contribution in [0.5, 0.6) is 0 Å². The Hall–Kier alpha value is -1.25. The van der Waals surface area contributed by atoms with Crippen LogP contribution < -0.4 is 0 Å². The summed E-state index contributed by atoms with van der Waals surface area (Å²) < 4.78 is 0. The number of carbonyl (C=O) groups excluding carboxylic acids is 1. The topological polar surface area (TPSA) is 42.9 Å². The lowest BCUT2D eigenvalue weighted by Crippen LogP contribution is -2.00. The van der Waals surface area contributed by atoms with Crippen molar-refractivity contribution in [2.24, 2.45) is 0 Å². The van der Waals surface area contributed by atoms with Gasteiger partial charge >= 0.3 is 0 Å². The number of hydrogen-bond acceptors (Lipinski definition) is 3. The maximum absolute atomic E-state index is 10.5. The van der Waals surface area contributed by atoms with Gasteiger partial charge in [0.05, 0.1) is 6.42 Å². The molecule has 1 heterocycles. The summed E-state index contributed by atoms with van der Waals surface area (Å²) in [4.78, 5) is 18.3. The normalized spacial score (nSPS) is 8.25. The molecule has 0 amide bonds. The fourth-order valence-corrected chi connectivity index (χ4v) is 0.644. The Labute approximate surface area is 72.9 Å². The molecule has 0 aromatic carbocycles. The molecule has 0 saturated carbocycles. The first-order valence-corrected chi connectivity index (χ1v) is 4.04. The standard InChI is InChI=1S/C7H8N2O.C2H6/c1-6(10)5-7-8-3-2-4-9-7;1-2/h2-4H,5H2,1H3;1-2H3. The van der Waals surface area contributed by atoms with E-state index in [-0.39, 0.29) is 5.78 Å². The monoisotopic (exact) mass is 166 g/mol. The average molecular weight is 166 g/mol. The lowest BCUT2D eigenvalue weighted by atomic mass is 10.3. The summed E-state index contributed by atoms with van der Waals surface area (Å²) in [7, 11) is 0. The predicted molar refractivity (Wildman–Crippen MR) is 47.8 cm³/mol. The summed E-state index contributed by atoms with van der Waals surface area (Å²) in [5.74, 6) is 0.682. The van der Waals surface area contributed by atoms with E-state index in [1.165, 1.54) is 6.92 Å². The SMILES string of the molecule is CC.CC(=O)Cc1ncccn1. The molecule has 0 aliphatic rings. The molecule has 0 saturated heterocycles. The second-order valence-electron chi connectivity index (χ2n) is 2.04. The van der Waals surface area contributed by atoms with Gasteiger partial charge in [0.25, 0.3) is 0 Å². The van der Waals surface area contributed by atoms with E-state index < -0.39 is 0 Å². The highest BCUT2D eigenvalue weighted by atomic mass is 16.1. The molecule has 0 unspecified atom stereocenters. The van der Waals surface area contributed by atoms with E-state index in [9.17, 15) is 4.79 Å². The number of hydrogen-bond donors (Lipinski definition) is 0. The number of nitrogens with zero attached hydrogens (tertiary/aromatic N) is 2. The first-order chi connectivity index (χ1) is 5.79. The van der Waals surface area contributed by atoms with Gasteiger partial charge in [0.2, 0.25) is 0 Å². The maximum Gasteiger partial charge on any atom is 0.137 e. The van der Waals surface area contributed by atoms with Crippen LogP contribution in [0.2, 0.25) is 0 Å². The fourth-order valence-electron chi connectivity index (χ4n) is 0.644. The molecule has 12 heavy (non-hydrogen) atoms. The summed E-state index contributed by atoms with van der Waals surface area (Å²) in [6, 6.07) is 1.73. The third-order valence-electron chi connectivity index (χ3n) is 1.03. The molecule has 0 atom stereocenters. The highest BCUT2D eigenvalue weighted by Gasteiger charge is 1.96. The predicted octanol–water partition coefficient (Wildman–Crippen LogP) is 1.63. The first-order valence-electron chi connectivity index (χ1n) is 4.04. The van der Waals surface area contributed by atoms with E-state index in [0.717, 1.165) is 0 Å². The minimum atomic E-state index is 0.0891. The minimum Gasteiger partial charge on any atom is -0.300 e. The number of ketones is 1. The Morgan fingerprint density at radius 1 is 1.33 bits per heavy atom. The maximum atomic E-state index is 10.5. The largest absolute Gasteiger partial charge is 0.300 e. The van der Waals surface area contributed by atoms with E-state index in [1.807, 2.05) is 13.8 Å². The van der Waals surface area contributed by atoms with Crippen molar-refractivity contribution in [3.05, 3.63) is 24.3 Å². The zero-order valence-electron chi connectivity index (χ0n) is 7.74. The summed E-state index contributed by atoms with van der Waals surface area (Å²) in [5.41, 5.74) is 0. The molecule has 0 aliphatic carbocycles. The van der Waals surface area contributed by atoms with Crippen molar-refractivity contribution in [1.82, 2.24) is 9.97 Å². The molecule has 1 aromatic rings. The Morgan fingerprint density at radius 3 is 2.25 bits per heavy atom. The second-order valence-corrected chi connectivity index (χ2v) is 2.04. The van der Waals surface area contributed by atoms with Crippen LogP contribution in [0.4, 0.5) is 0 Å². The van der Waals surface area contributed by atoms with Crippen molar-refractivity contribution < 1.29 is 4.79 Å². The fraction of sp³-hybridized carbons (Fsp3) is 0.444. The number of rotatable bonds is 2. The summed E-state index contributed by atoms with van der Waals surface area (Å²) in [6.45, 7) is 5.52. The van der Waals surface area contributed by atoms with Gasteiger partial charge in [-0.05, 0) is 13.0 Å². The van der Waals surface area contributed by atoms with Crippen molar-refractivity contribution >= 4 is 5.78 Å². The first kappa shape index (κ1) is 10.8. The third-order valence-corrected chi connectivity index (χ3v) is 1.03. The highest BCUT2D eigenvalue weighted by Crippen LogP contribution is 1.88. The zero-order chi connectivity index (χ0) is 9.40. The molecule has 1 rings (SSSR count). The minimum absolute atomic E-state index is 0.0891. The Kier molecular flexibility index (Phi) is 5.79. The van der Waals surface area contributed by atoms with Gasteiger partial charge in [0.15, 0.2) is 0 Å². The lowest BCUT2D eigenvalue weighted by molar-refractivity contribution is -0.116. The second kappa shape index (κ2) is 6.46. The van der Waals surface area contributed by atoms with E-state index in [1.54, 1.807) is 18.5 Å². The number of Topliss-reactive ketones (excluding diaryl/α,β-unsaturated/α-hetero) is 1. The van der Waals surface area contributed by atoms with Crippen molar-refractivity contribution in [3.63, 3.8) is 0 Å². The van der Waals surface area contributed by atoms with Crippen molar-refractivity contribution in [2.75, 3.05) is 0 Å². The number of carbonyl (C=O) groups is 1. The number of aromatic nitrogens is 2. The van der Waals surface area contributed by atoms with E-state index in [0.29, 0.717) is 12.2 Å². The van der Waals surface area contributed by atoms with Gasteiger partial charge in [-0.3, -0.25) is 4.79 Å². The van der Waals surface area contributed by atoms with Crippen LogP contribution in [0.25, 0.3) is 0 Å². The quantitative estimate of drug-likeness (QED) is 0.670. The van der Waals surface area contributed by atoms with Crippen LogP contribution in [0.3, 0.4) is 0 Å². The Balaban J connectivity index is 0.000000561. The van der Waals surface area contributed by atoms with Gasteiger partial charge in [0.1, 0.15) is 11.6 Å². The third kappa shape index (κ3) is 4.55. The molecular weight excluding hydrogens is 152 g/mol. The van der Waals surface area contributed by atoms with Crippen LogP contribution in [-0.2, 0) is 11.2 Å². The summed E-state index contributed by atoms with van der Waals surface area (Å²) >= 11 is 0. The molecule has 0 spiro atoms. The van der Waals surface area contributed by atoms with E-state index in [2.05, 4.69) is 9.97 Å². The van der Waals surface area contributed by atoms with E-state index >= 15 is 0 Å². The van der Waals surface area contributed by atoms with Crippen LogP contribution in [0, 0.1) is 0 Å². The smallest absolute Gasteiger partial charge is 0.137 e. The van der Waals surface area contributed by atoms with Gasteiger partial charge in [-0.15, -0.1) is 0 Å². The summed E-state index contributed by atoms with van der Waals surface area (Å²) in [5, 5.41) is 0. The molecule has 3 nitrogen and oxygen atoms in total. The Morgan fingerprint density at radius 2 is 1.83 bits per heavy atom. The van der Waals surface area contributed by atoms with E-state index in [4.69, 9.17) is 0 Å². The van der Waals surface area contributed by atoms with Crippen molar-refractivity contribution in [3.8, 4) is 0 Å². The average Bonchev–Trinajstić information content (AvgIpc) is 2.08. The Bertz CT molecular complexity index is 221. The molecule has 0 aliphatic heterocycles. The van der Waals surface area contributed by atoms with Crippen LogP contribution >= 0.6 is 0 Å². The molecular formula is C9H14N2O. The van der Waals surface area contributed by atoms with Gasteiger partial charge < -0.3 is 0 Å². The molecule has 3 heteroatoms. The molecule has 0 N–H and O–H groups in total.